The summed E-state index contributed by atoms with van der Waals surface area (Å²) in [6.45, 7) is 17.0. The van der Waals surface area contributed by atoms with Crippen LogP contribution in [0.25, 0.3) is 0 Å². The fraction of sp³-hybridized carbons (Fsp3) is 0.533. The van der Waals surface area contributed by atoms with Crippen LogP contribution in [0.5, 0.6) is 0 Å². The van der Waals surface area contributed by atoms with Gasteiger partial charge in [0.05, 0.1) is 24.3 Å². The molecule has 66 heavy (non-hydrogen) atoms. The van der Waals surface area contributed by atoms with Crippen LogP contribution in [0.2, 0.25) is 18.1 Å². The van der Waals surface area contributed by atoms with Crippen molar-refractivity contribution in [1.29, 1.82) is 0 Å². The Bertz CT molecular complexity index is 2030. The fourth-order valence-corrected chi connectivity index (χ4v) is 8.43. The molecule has 0 unspecified atom stereocenters. The molecule has 0 bridgehead atoms. The molecule has 354 valence electrons. The number of esters is 2. The molecule has 3 aromatic rings. The summed E-state index contributed by atoms with van der Waals surface area (Å²) in [5.74, 6) is 17.7. The van der Waals surface area contributed by atoms with Crippen LogP contribution in [0, 0.1) is 48.4 Å². The molecule has 0 aliphatic carbocycles. The van der Waals surface area contributed by atoms with Gasteiger partial charge in [0.25, 0.3) is 0 Å². The third kappa shape index (κ3) is 22.0. The van der Waals surface area contributed by atoms with Gasteiger partial charge in [-0.2, -0.15) is 0 Å². The number of ether oxygens (including phenoxy) is 2. The summed E-state index contributed by atoms with van der Waals surface area (Å²) < 4.78 is 17.9. The van der Waals surface area contributed by atoms with E-state index in [0.29, 0.717) is 59.6 Å². The number of carbonyl (C=O) groups is 2. The van der Waals surface area contributed by atoms with Gasteiger partial charge in [-0.05, 0) is 97.6 Å². The molecule has 0 heterocycles. The van der Waals surface area contributed by atoms with Gasteiger partial charge in [-0.25, -0.2) is 9.59 Å². The Balaban J connectivity index is 1.75. The highest BCUT2D eigenvalue weighted by atomic mass is 28.4. The lowest BCUT2D eigenvalue weighted by Gasteiger charge is -2.36. The van der Waals surface area contributed by atoms with E-state index in [2.05, 4.69) is 95.4 Å². The highest BCUT2D eigenvalue weighted by Gasteiger charge is 2.36. The Morgan fingerprint density at radius 1 is 0.470 bits per heavy atom. The summed E-state index contributed by atoms with van der Waals surface area (Å²) in [7, 11) is -1.96. The SMILES string of the molecule is C#Cc1cc(C#Cc2cc(C#Cc3cc(C#C)cc(C(=O)OCCCCCCCCCCCC)c3)cc(CCO[Si](C)(C)C(C)(C)C)c2)cc(C(=O)OCCCCCCCCCCCC)c1. The van der Waals surface area contributed by atoms with Crippen molar-refractivity contribution in [2.24, 2.45) is 0 Å². The number of terminal acetylenes is 2. The summed E-state index contributed by atoms with van der Waals surface area (Å²) in [4.78, 5) is 26.3. The van der Waals surface area contributed by atoms with E-state index in [1.807, 2.05) is 18.2 Å². The van der Waals surface area contributed by atoms with Gasteiger partial charge < -0.3 is 13.9 Å². The Labute approximate surface area is 402 Å². The Hall–Kier alpha value is -4.98. The van der Waals surface area contributed by atoms with Crippen molar-refractivity contribution in [2.45, 2.75) is 188 Å². The largest absolute Gasteiger partial charge is 0.462 e. The fourth-order valence-electron chi connectivity index (χ4n) is 7.39. The highest BCUT2D eigenvalue weighted by molar-refractivity contribution is 6.74. The van der Waals surface area contributed by atoms with Gasteiger partial charge in [-0.3, -0.25) is 0 Å². The average Bonchev–Trinajstić information content (AvgIpc) is 3.30. The third-order valence-corrected chi connectivity index (χ3v) is 17.0. The first-order valence-electron chi connectivity index (χ1n) is 25.2. The van der Waals surface area contributed by atoms with Gasteiger partial charge >= 0.3 is 11.9 Å². The van der Waals surface area contributed by atoms with Gasteiger partial charge in [-0.1, -0.05) is 186 Å². The average molecular weight is 909 g/mol. The normalized spacial score (nSPS) is 11.1. The molecular weight excluding hydrogens is 829 g/mol. The van der Waals surface area contributed by atoms with Crippen LogP contribution in [0.1, 0.15) is 223 Å². The van der Waals surface area contributed by atoms with Crippen LogP contribution >= 0.6 is 0 Å². The van der Waals surface area contributed by atoms with E-state index in [4.69, 9.17) is 26.7 Å². The Kier molecular flexibility index (Phi) is 26.1. The predicted molar refractivity (Wildman–Crippen MR) is 278 cm³/mol. The Morgan fingerprint density at radius 2 is 0.788 bits per heavy atom. The maximum absolute atomic E-state index is 13.1. The lowest BCUT2D eigenvalue weighted by atomic mass is 10.0. The molecule has 0 fully saturated rings. The number of hydrogen-bond donors (Lipinski definition) is 0. The molecule has 0 aromatic heterocycles. The molecule has 3 rings (SSSR count). The molecule has 0 aliphatic rings. The molecule has 6 heteroatoms. The number of benzene rings is 3. The van der Waals surface area contributed by atoms with Crippen molar-refractivity contribution in [1.82, 2.24) is 0 Å². The van der Waals surface area contributed by atoms with Crippen molar-refractivity contribution in [3.8, 4) is 48.4 Å². The Morgan fingerprint density at radius 3 is 1.14 bits per heavy atom. The van der Waals surface area contributed by atoms with Crippen molar-refractivity contribution < 1.29 is 23.5 Å². The first-order valence-corrected chi connectivity index (χ1v) is 28.1. The third-order valence-electron chi connectivity index (χ3n) is 12.5. The van der Waals surface area contributed by atoms with Gasteiger partial charge in [-0.15, -0.1) is 12.8 Å². The van der Waals surface area contributed by atoms with E-state index in [9.17, 15) is 9.59 Å². The second-order valence-corrected chi connectivity index (χ2v) is 24.1. The van der Waals surface area contributed by atoms with Crippen LogP contribution in [-0.4, -0.2) is 40.1 Å². The minimum Gasteiger partial charge on any atom is -0.462 e. The maximum atomic E-state index is 13.1. The van der Waals surface area contributed by atoms with E-state index in [0.717, 1.165) is 55.2 Å². The maximum Gasteiger partial charge on any atom is 0.338 e. The van der Waals surface area contributed by atoms with Crippen molar-refractivity contribution >= 4 is 20.3 Å². The topological polar surface area (TPSA) is 61.8 Å². The smallest absolute Gasteiger partial charge is 0.338 e. The summed E-state index contributed by atoms with van der Waals surface area (Å²) in [5, 5.41) is 0.0905. The molecule has 5 nitrogen and oxygen atoms in total. The zero-order chi connectivity index (χ0) is 48.0. The van der Waals surface area contributed by atoms with Crippen LogP contribution in [-0.2, 0) is 20.3 Å². The second kappa shape index (κ2) is 31.1. The summed E-state index contributed by atoms with van der Waals surface area (Å²) in [6, 6.07) is 16.5. The first-order chi connectivity index (χ1) is 31.8. The number of hydrogen-bond acceptors (Lipinski definition) is 5. The van der Waals surface area contributed by atoms with E-state index in [-0.39, 0.29) is 5.04 Å². The number of carbonyl (C=O) groups excluding carboxylic acids is 2. The quantitative estimate of drug-likeness (QED) is 0.0314. The van der Waals surface area contributed by atoms with Crippen LogP contribution < -0.4 is 0 Å². The van der Waals surface area contributed by atoms with Gasteiger partial charge in [0.1, 0.15) is 0 Å². The van der Waals surface area contributed by atoms with Gasteiger partial charge in [0.15, 0.2) is 8.32 Å². The molecule has 0 spiro atoms. The summed E-state index contributed by atoms with van der Waals surface area (Å²) >= 11 is 0. The van der Waals surface area contributed by atoms with Crippen molar-refractivity contribution in [2.75, 3.05) is 19.8 Å². The molecule has 0 aliphatic heterocycles. The van der Waals surface area contributed by atoms with E-state index in [1.54, 1.807) is 24.3 Å². The molecule has 0 radical (unpaired) electrons. The highest BCUT2D eigenvalue weighted by Crippen LogP contribution is 2.36. The first kappa shape index (κ1) is 55.3. The van der Waals surface area contributed by atoms with Gasteiger partial charge in [0.2, 0.25) is 0 Å². The van der Waals surface area contributed by atoms with Crippen LogP contribution in [0.15, 0.2) is 54.6 Å². The predicted octanol–water partition coefficient (Wildman–Crippen LogP) is 15.2. The van der Waals surface area contributed by atoms with E-state index >= 15 is 0 Å². The lowest BCUT2D eigenvalue weighted by Crippen LogP contribution is -2.41. The van der Waals surface area contributed by atoms with Crippen molar-refractivity contribution in [3.05, 3.63) is 105 Å². The van der Waals surface area contributed by atoms with E-state index in [1.165, 1.54) is 89.9 Å². The molecule has 3 aromatic carbocycles. The zero-order valence-electron chi connectivity index (χ0n) is 41.9. The second-order valence-electron chi connectivity index (χ2n) is 19.3. The monoisotopic (exact) mass is 909 g/mol. The molecule has 0 amide bonds. The summed E-state index contributed by atoms with van der Waals surface area (Å²) in [5.41, 5.74) is 5.69. The molecular formula is C60H80O5Si. The molecule has 0 N–H and O–H groups in total. The van der Waals surface area contributed by atoms with Crippen LogP contribution in [0.3, 0.4) is 0 Å². The van der Waals surface area contributed by atoms with E-state index < -0.39 is 20.3 Å². The molecule has 0 saturated heterocycles. The molecule has 0 saturated carbocycles. The van der Waals surface area contributed by atoms with Crippen LogP contribution in [0.4, 0.5) is 0 Å². The lowest BCUT2D eigenvalue weighted by molar-refractivity contribution is 0.0488. The minimum atomic E-state index is -1.96. The standard InChI is InChI=1S/C60H80O5Si/c1-10-14-16-18-20-22-24-26-28-30-37-63-58(61)56-45-49(12-3)40-53(47-56)34-32-51-42-52(44-55(43-51)36-39-65-66(8,9)60(5,6)7)33-35-54-41-50(13-4)46-57(48-54)59(62)64-38-31-29-27-25-23-21-19-17-15-11-2/h3-4,40-48H,10-11,14-31,36-39H2,1-2,5-9H3. The summed E-state index contributed by atoms with van der Waals surface area (Å²) in [6.07, 6.45) is 36.6. The zero-order valence-corrected chi connectivity index (χ0v) is 42.9. The molecule has 0 atom stereocenters. The minimum absolute atomic E-state index is 0.0905. The number of unbranched alkanes of at least 4 members (excludes halogenated alkanes) is 18. The van der Waals surface area contributed by atoms with Crippen molar-refractivity contribution in [3.63, 3.8) is 0 Å². The van der Waals surface area contributed by atoms with Gasteiger partial charge in [0, 0.05) is 40.0 Å². The number of rotatable bonds is 28.